The minimum absolute atomic E-state index is 0.0522. The van der Waals surface area contributed by atoms with Crippen molar-refractivity contribution in [2.24, 2.45) is 0 Å². The number of carbonyl (C=O) groups excluding carboxylic acids is 1. The molecule has 1 N–H and O–H groups in total. The quantitative estimate of drug-likeness (QED) is 0.879. The third-order valence-electron chi connectivity index (χ3n) is 3.51. The molecule has 2 heterocycles. The zero-order valence-corrected chi connectivity index (χ0v) is 13.8. The zero-order chi connectivity index (χ0) is 15.5. The van der Waals surface area contributed by atoms with E-state index in [0.717, 1.165) is 31.6 Å². The Morgan fingerprint density at radius 1 is 1.33 bits per heavy atom. The summed E-state index contributed by atoms with van der Waals surface area (Å²) in [6.07, 6.45) is 1.77. The molecule has 0 bridgehead atoms. The van der Waals surface area contributed by atoms with Crippen molar-refractivity contribution in [3.05, 3.63) is 10.6 Å². The molecule has 2 rings (SSSR count). The maximum Gasteiger partial charge on any atom is 0.267 e. The molecule has 0 saturated carbocycles. The van der Waals surface area contributed by atoms with Gasteiger partial charge in [0.2, 0.25) is 0 Å². The van der Waals surface area contributed by atoms with Crippen LogP contribution < -0.4 is 0 Å². The molecule has 21 heavy (non-hydrogen) atoms. The van der Waals surface area contributed by atoms with Gasteiger partial charge in [-0.3, -0.25) is 9.69 Å². The molecule has 1 aliphatic rings. The lowest BCUT2D eigenvalue weighted by Gasteiger charge is -2.37. The van der Waals surface area contributed by atoms with Gasteiger partial charge < -0.3 is 10.0 Å². The Morgan fingerprint density at radius 3 is 2.57 bits per heavy atom. The van der Waals surface area contributed by atoms with Gasteiger partial charge in [0.15, 0.2) is 0 Å². The number of hydrogen-bond acceptors (Lipinski definition) is 6. The Labute approximate surface area is 129 Å². The van der Waals surface area contributed by atoms with Crippen LogP contribution in [-0.2, 0) is 6.42 Å². The van der Waals surface area contributed by atoms with Crippen LogP contribution in [0.15, 0.2) is 0 Å². The molecule has 1 aliphatic heterocycles. The van der Waals surface area contributed by atoms with Crippen LogP contribution in [0.3, 0.4) is 0 Å². The number of rotatable bonds is 5. The van der Waals surface area contributed by atoms with Crippen molar-refractivity contribution in [2.75, 3.05) is 32.7 Å². The normalized spacial score (nSPS) is 17.2. The van der Waals surface area contributed by atoms with Crippen molar-refractivity contribution in [1.29, 1.82) is 0 Å². The van der Waals surface area contributed by atoms with Gasteiger partial charge in [0.1, 0.15) is 4.88 Å². The summed E-state index contributed by atoms with van der Waals surface area (Å²) in [5, 5.41) is 13.9. The average molecular weight is 312 g/mol. The number of aromatic nitrogens is 2. The molecule has 0 radical (unpaired) electrons. The Morgan fingerprint density at radius 2 is 2.00 bits per heavy atom. The number of amides is 1. The van der Waals surface area contributed by atoms with Gasteiger partial charge in [-0.05, 0) is 31.8 Å². The van der Waals surface area contributed by atoms with Gasteiger partial charge in [0, 0.05) is 32.7 Å². The minimum atomic E-state index is -0.692. The maximum absolute atomic E-state index is 12.5. The highest BCUT2D eigenvalue weighted by Gasteiger charge is 2.27. The lowest BCUT2D eigenvalue weighted by molar-refractivity contribution is 0.0179. The van der Waals surface area contributed by atoms with Gasteiger partial charge in [-0.1, -0.05) is 17.8 Å². The molecular weight excluding hydrogens is 288 g/mol. The van der Waals surface area contributed by atoms with Gasteiger partial charge in [-0.2, -0.15) is 0 Å². The molecule has 0 atom stereocenters. The highest BCUT2D eigenvalue weighted by Crippen LogP contribution is 2.17. The molecule has 7 heteroatoms. The van der Waals surface area contributed by atoms with Gasteiger partial charge >= 0.3 is 0 Å². The molecule has 1 amide bonds. The highest BCUT2D eigenvalue weighted by molar-refractivity contribution is 7.08. The number of carbonyl (C=O) groups is 1. The second kappa shape index (κ2) is 6.81. The van der Waals surface area contributed by atoms with E-state index in [4.69, 9.17) is 0 Å². The van der Waals surface area contributed by atoms with E-state index in [1.54, 1.807) is 0 Å². The SMILES string of the molecule is CCCc1nnsc1C(=O)N1CCN(CC(C)(C)O)CC1. The van der Waals surface area contributed by atoms with Crippen LogP contribution in [-0.4, -0.2) is 68.7 Å². The number of hydrogen-bond donors (Lipinski definition) is 1. The Kier molecular flexibility index (Phi) is 5.29. The molecule has 0 unspecified atom stereocenters. The molecule has 1 saturated heterocycles. The zero-order valence-electron chi connectivity index (χ0n) is 13.0. The average Bonchev–Trinajstić information content (AvgIpc) is 2.86. The highest BCUT2D eigenvalue weighted by atomic mass is 32.1. The Bertz CT molecular complexity index is 476. The van der Waals surface area contributed by atoms with Crippen molar-refractivity contribution in [3.8, 4) is 0 Å². The maximum atomic E-state index is 12.5. The van der Waals surface area contributed by atoms with Gasteiger partial charge in [-0.15, -0.1) is 5.10 Å². The summed E-state index contributed by atoms with van der Waals surface area (Å²) in [7, 11) is 0. The Hall–Kier alpha value is -1.05. The first kappa shape index (κ1) is 16.3. The smallest absolute Gasteiger partial charge is 0.267 e. The topological polar surface area (TPSA) is 69.6 Å². The summed E-state index contributed by atoms with van der Waals surface area (Å²) in [5.74, 6) is 0.0522. The molecule has 0 aromatic carbocycles. The predicted molar refractivity (Wildman–Crippen MR) is 82.5 cm³/mol. The van der Waals surface area contributed by atoms with E-state index in [1.807, 2.05) is 18.7 Å². The van der Waals surface area contributed by atoms with Crippen LogP contribution in [0.25, 0.3) is 0 Å². The molecular formula is C14H24N4O2S. The number of piperazine rings is 1. The fourth-order valence-electron chi connectivity index (χ4n) is 2.57. The second-order valence-corrected chi connectivity index (χ2v) is 6.93. The Balaban J connectivity index is 1.92. The fourth-order valence-corrected chi connectivity index (χ4v) is 3.25. The number of aryl methyl sites for hydroxylation is 1. The van der Waals surface area contributed by atoms with E-state index in [2.05, 4.69) is 21.4 Å². The second-order valence-electron chi connectivity index (χ2n) is 6.18. The first-order chi connectivity index (χ1) is 9.90. The third-order valence-corrected chi connectivity index (χ3v) is 4.26. The summed E-state index contributed by atoms with van der Waals surface area (Å²) < 4.78 is 3.92. The van der Waals surface area contributed by atoms with Gasteiger partial charge in [-0.25, -0.2) is 0 Å². The van der Waals surface area contributed by atoms with E-state index in [0.29, 0.717) is 24.5 Å². The number of nitrogens with zero attached hydrogens (tertiary/aromatic N) is 4. The van der Waals surface area contributed by atoms with E-state index in [-0.39, 0.29) is 5.91 Å². The summed E-state index contributed by atoms with van der Waals surface area (Å²) in [4.78, 5) is 17.3. The summed E-state index contributed by atoms with van der Waals surface area (Å²) in [6.45, 7) is 9.31. The lowest BCUT2D eigenvalue weighted by Crippen LogP contribution is -2.52. The molecule has 1 aromatic heterocycles. The summed E-state index contributed by atoms with van der Waals surface area (Å²) in [6, 6.07) is 0. The first-order valence-corrected chi connectivity index (χ1v) is 8.23. The standard InChI is InChI=1S/C14H24N4O2S/c1-4-5-11-12(21-16-15-11)13(19)18-8-6-17(7-9-18)10-14(2,3)20/h20H,4-10H2,1-3H3. The molecule has 1 aromatic rings. The molecule has 0 spiro atoms. The van der Waals surface area contributed by atoms with Crippen LogP contribution in [0, 0.1) is 0 Å². The van der Waals surface area contributed by atoms with Crippen molar-refractivity contribution >= 4 is 17.4 Å². The van der Waals surface area contributed by atoms with E-state index in [9.17, 15) is 9.90 Å². The van der Waals surface area contributed by atoms with Gasteiger partial charge in [0.25, 0.3) is 5.91 Å². The van der Waals surface area contributed by atoms with E-state index >= 15 is 0 Å². The monoisotopic (exact) mass is 312 g/mol. The predicted octanol–water partition coefficient (Wildman–Crippen LogP) is 1.02. The van der Waals surface area contributed by atoms with Crippen LogP contribution in [0.5, 0.6) is 0 Å². The fraction of sp³-hybridized carbons (Fsp3) is 0.786. The van der Waals surface area contributed by atoms with E-state index in [1.165, 1.54) is 11.5 Å². The number of aliphatic hydroxyl groups is 1. The molecule has 1 fully saturated rings. The van der Waals surface area contributed by atoms with Crippen LogP contribution >= 0.6 is 11.5 Å². The van der Waals surface area contributed by atoms with E-state index < -0.39 is 5.60 Å². The van der Waals surface area contributed by atoms with Crippen molar-refractivity contribution in [2.45, 2.75) is 39.2 Å². The van der Waals surface area contributed by atoms with Crippen molar-refractivity contribution in [1.82, 2.24) is 19.4 Å². The minimum Gasteiger partial charge on any atom is -0.389 e. The van der Waals surface area contributed by atoms with Gasteiger partial charge in [0.05, 0.1) is 11.3 Å². The third kappa shape index (κ3) is 4.46. The van der Waals surface area contributed by atoms with Crippen LogP contribution in [0.4, 0.5) is 0 Å². The summed E-state index contributed by atoms with van der Waals surface area (Å²) in [5.41, 5.74) is 0.133. The largest absolute Gasteiger partial charge is 0.389 e. The van der Waals surface area contributed by atoms with Crippen molar-refractivity contribution < 1.29 is 9.90 Å². The molecule has 6 nitrogen and oxygen atoms in total. The first-order valence-electron chi connectivity index (χ1n) is 7.46. The van der Waals surface area contributed by atoms with Crippen LogP contribution in [0.2, 0.25) is 0 Å². The summed E-state index contributed by atoms with van der Waals surface area (Å²) >= 11 is 1.20. The lowest BCUT2D eigenvalue weighted by atomic mass is 10.1. The molecule has 0 aliphatic carbocycles. The van der Waals surface area contributed by atoms with Crippen molar-refractivity contribution in [3.63, 3.8) is 0 Å². The molecule has 118 valence electrons. The van der Waals surface area contributed by atoms with Crippen LogP contribution in [0.1, 0.15) is 42.6 Å². The number of β-amino-alcohol motifs (C(OH)–C–C–N with tert-alkyl or cyclic N) is 1.